The molecule has 4 amide bonds. The number of halogens is 3. The zero-order valence-electron chi connectivity index (χ0n) is 31.6. The highest BCUT2D eigenvalue weighted by Gasteiger charge is 2.41. The summed E-state index contributed by atoms with van der Waals surface area (Å²) in [5.41, 5.74) is 7.50. The van der Waals surface area contributed by atoms with Gasteiger partial charge in [-0.1, -0.05) is 30.3 Å². The number of hydrazine groups is 1. The molecule has 3 aliphatic heterocycles. The van der Waals surface area contributed by atoms with Gasteiger partial charge in [-0.25, -0.2) is 28.8 Å². The van der Waals surface area contributed by atoms with Crippen LogP contribution in [0, 0.1) is 23.5 Å². The van der Waals surface area contributed by atoms with Crippen LogP contribution in [0.1, 0.15) is 43.6 Å². The normalized spacial score (nSPS) is 21.7. The van der Waals surface area contributed by atoms with Crippen molar-refractivity contribution in [1.82, 2.24) is 35.0 Å². The van der Waals surface area contributed by atoms with Crippen LogP contribution in [0.25, 0.3) is 11.3 Å². The van der Waals surface area contributed by atoms with Gasteiger partial charge in [0.25, 0.3) is 0 Å². The predicted octanol–water partition coefficient (Wildman–Crippen LogP) is 3.77. The number of aromatic nitrogens is 2. The highest BCUT2D eigenvalue weighted by molar-refractivity contribution is 8.00. The summed E-state index contributed by atoms with van der Waals surface area (Å²) in [6, 6.07) is 11.0. The number of imide groups is 1. The van der Waals surface area contributed by atoms with Gasteiger partial charge >= 0.3 is 6.03 Å². The maximum Gasteiger partial charge on any atom is 0.318 e. The lowest BCUT2D eigenvalue weighted by molar-refractivity contribution is -0.137. The first-order valence-electron chi connectivity index (χ1n) is 18.8. The summed E-state index contributed by atoms with van der Waals surface area (Å²) in [7, 11) is 0. The quantitative estimate of drug-likeness (QED) is 0.101. The molecule has 5 atom stereocenters. The molecule has 0 aliphatic carbocycles. The van der Waals surface area contributed by atoms with Gasteiger partial charge in [-0.3, -0.25) is 14.5 Å². The molecule has 13 nitrogen and oxygen atoms in total. The van der Waals surface area contributed by atoms with Crippen LogP contribution in [0.3, 0.4) is 0 Å². The summed E-state index contributed by atoms with van der Waals surface area (Å²) in [4.78, 5) is 47.3. The van der Waals surface area contributed by atoms with Crippen molar-refractivity contribution in [2.24, 2.45) is 23.4 Å². The highest BCUT2D eigenvalue weighted by Crippen LogP contribution is 2.38. The minimum absolute atomic E-state index is 0.0184. The van der Waals surface area contributed by atoms with Crippen LogP contribution < -0.4 is 22.2 Å². The van der Waals surface area contributed by atoms with Crippen molar-refractivity contribution in [3.63, 3.8) is 0 Å². The number of amides is 4. The molecule has 3 saturated heterocycles. The lowest BCUT2D eigenvalue weighted by atomic mass is 9.89. The molecule has 3 aromatic rings. The topological polar surface area (TPSA) is 164 Å². The fourth-order valence-electron chi connectivity index (χ4n) is 7.64. The van der Waals surface area contributed by atoms with E-state index in [1.54, 1.807) is 24.3 Å². The van der Waals surface area contributed by atoms with E-state index in [4.69, 9.17) is 21.3 Å². The van der Waals surface area contributed by atoms with Crippen LogP contribution in [-0.2, 0) is 20.9 Å². The zero-order valence-corrected chi connectivity index (χ0v) is 32.4. The third-order valence-electron chi connectivity index (χ3n) is 10.5. The molecule has 17 heteroatoms. The van der Waals surface area contributed by atoms with Gasteiger partial charge in [-0.05, 0) is 55.7 Å². The molecular formula is C39H50F3N9O4S. The van der Waals surface area contributed by atoms with Crippen molar-refractivity contribution in [3.05, 3.63) is 89.6 Å². The number of alkyl halides is 1. The second-order valence-electron chi connectivity index (χ2n) is 14.7. The molecule has 6 rings (SSSR count). The average molecular weight is 798 g/mol. The largest absolute Gasteiger partial charge is 0.399 e. The van der Waals surface area contributed by atoms with Gasteiger partial charge in [-0.2, -0.15) is 11.8 Å². The number of nitrogens with zero attached hydrogens (tertiary/aromatic N) is 5. The van der Waals surface area contributed by atoms with Gasteiger partial charge in [0, 0.05) is 81.4 Å². The number of nitrogens with one attached hydrogen (secondary N) is 2. The standard InChI is InChI=1S/C39H50F3N9O4S/c1-24(18-49(44)21-29(43)22-50-35(52)15-34(56-2)38(50)53)46-39(54)51(20-27-16-45-17-32(27)42)36(26-10-12-55-13-11-26)37-47-33(30-14-28(40)8-9-31(30)41)23-48(37)19-25-6-4-3-5-7-25/h3-9,14,21,23-24,26-27,32,34,36,45H,10-13,15-20,22,43-44H2,1-2H3,(H,46,54)/b29-21-. The summed E-state index contributed by atoms with van der Waals surface area (Å²) in [6.45, 7) is 3.52. The minimum Gasteiger partial charge on any atom is -0.399 e. The van der Waals surface area contributed by atoms with Gasteiger partial charge < -0.3 is 35.6 Å². The maximum atomic E-state index is 15.4. The van der Waals surface area contributed by atoms with Crippen LogP contribution in [-0.4, -0.2) is 112 Å². The molecule has 0 spiro atoms. The second-order valence-corrected chi connectivity index (χ2v) is 15.7. The lowest BCUT2D eigenvalue weighted by Crippen LogP contribution is -2.53. The summed E-state index contributed by atoms with van der Waals surface area (Å²) >= 11 is 1.31. The molecule has 6 N–H and O–H groups in total. The van der Waals surface area contributed by atoms with Crippen molar-refractivity contribution >= 4 is 29.6 Å². The summed E-state index contributed by atoms with van der Waals surface area (Å²) in [5.74, 6) is 4.19. The van der Waals surface area contributed by atoms with Gasteiger partial charge in [-0.15, -0.1) is 0 Å². The number of nitrogens with two attached hydrogens (primary N) is 2. The molecule has 1 aromatic heterocycles. The number of carbonyl (C=O) groups is 3. The van der Waals surface area contributed by atoms with Gasteiger partial charge in [0.05, 0.1) is 30.1 Å². The van der Waals surface area contributed by atoms with E-state index < -0.39 is 47.1 Å². The van der Waals surface area contributed by atoms with Crippen molar-refractivity contribution in [1.29, 1.82) is 0 Å². The third kappa shape index (κ3) is 9.86. The van der Waals surface area contributed by atoms with E-state index in [0.717, 1.165) is 28.7 Å². The summed E-state index contributed by atoms with van der Waals surface area (Å²) in [5, 5.41) is 6.97. The Morgan fingerprint density at radius 3 is 2.59 bits per heavy atom. The molecule has 3 aliphatic rings. The number of carbonyl (C=O) groups excluding carboxylic acids is 3. The second kappa shape index (κ2) is 18.6. The Morgan fingerprint density at radius 2 is 1.91 bits per heavy atom. The first-order chi connectivity index (χ1) is 26.9. The van der Waals surface area contributed by atoms with Crippen LogP contribution in [0.2, 0.25) is 0 Å². The molecule has 4 heterocycles. The molecule has 0 bridgehead atoms. The number of likely N-dealkylation sites (tertiary alicyclic amines) is 1. The minimum atomic E-state index is -1.20. The highest BCUT2D eigenvalue weighted by atomic mass is 32.2. The number of rotatable bonds is 15. The smallest absolute Gasteiger partial charge is 0.318 e. The zero-order chi connectivity index (χ0) is 39.9. The SMILES string of the molecule is CSC1CC(=O)N(C/C(N)=C/N(N)CC(C)NC(=O)N(CC2CNCC2F)C(c2nc(-c3cc(F)ccc3F)cn2Cc2ccccc2)C2CCOCC2)C1=O. The predicted molar refractivity (Wildman–Crippen MR) is 207 cm³/mol. The number of ether oxygens (including phenoxy) is 1. The number of hydrogen-bond acceptors (Lipinski definition) is 10. The van der Waals surface area contributed by atoms with Gasteiger partial charge in [0.15, 0.2) is 0 Å². The van der Waals surface area contributed by atoms with Crippen molar-refractivity contribution in [2.45, 2.75) is 56.2 Å². The van der Waals surface area contributed by atoms with E-state index >= 15 is 8.78 Å². The number of urea groups is 1. The molecule has 56 heavy (non-hydrogen) atoms. The first kappa shape index (κ1) is 41.1. The molecule has 0 radical (unpaired) electrons. The number of thioether (sulfide) groups is 1. The summed E-state index contributed by atoms with van der Waals surface area (Å²) < 4.78 is 52.7. The van der Waals surface area contributed by atoms with Crippen molar-refractivity contribution < 1.29 is 32.3 Å². The van der Waals surface area contributed by atoms with E-state index in [2.05, 4.69) is 10.6 Å². The van der Waals surface area contributed by atoms with Crippen molar-refractivity contribution in [3.8, 4) is 11.3 Å². The third-order valence-corrected chi connectivity index (χ3v) is 11.4. The Kier molecular flexibility index (Phi) is 13.6. The molecule has 302 valence electrons. The van der Waals surface area contributed by atoms with Crippen LogP contribution in [0.5, 0.6) is 0 Å². The van der Waals surface area contributed by atoms with Crippen LogP contribution in [0.4, 0.5) is 18.0 Å². The van der Waals surface area contributed by atoms with E-state index in [1.165, 1.54) is 23.0 Å². The fourth-order valence-corrected chi connectivity index (χ4v) is 8.27. The molecular weight excluding hydrogens is 748 g/mol. The Morgan fingerprint density at radius 1 is 1.16 bits per heavy atom. The number of benzene rings is 2. The Labute approximate surface area is 328 Å². The molecule has 0 saturated carbocycles. The first-order valence-corrected chi connectivity index (χ1v) is 20.1. The lowest BCUT2D eigenvalue weighted by Gasteiger charge is -2.40. The van der Waals surface area contributed by atoms with E-state index in [1.807, 2.05) is 34.9 Å². The Hall–Kier alpha value is -4.58. The van der Waals surface area contributed by atoms with Crippen molar-refractivity contribution in [2.75, 3.05) is 52.2 Å². The average Bonchev–Trinajstić information content (AvgIpc) is 3.85. The summed E-state index contributed by atoms with van der Waals surface area (Å²) in [6.07, 6.45) is 4.93. The van der Waals surface area contributed by atoms with Gasteiger partial charge in [0.1, 0.15) is 23.6 Å². The monoisotopic (exact) mass is 797 g/mol. The molecule has 3 fully saturated rings. The Balaban J connectivity index is 1.31. The Bertz CT molecular complexity index is 1880. The van der Waals surface area contributed by atoms with E-state index in [9.17, 15) is 18.8 Å². The maximum absolute atomic E-state index is 15.4. The van der Waals surface area contributed by atoms with Crippen LogP contribution >= 0.6 is 11.8 Å². The van der Waals surface area contributed by atoms with E-state index in [-0.39, 0.29) is 67.3 Å². The van der Waals surface area contributed by atoms with Crippen LogP contribution in [0.15, 0.2) is 66.6 Å². The van der Waals surface area contributed by atoms with E-state index in [0.29, 0.717) is 45.0 Å². The molecule has 5 unspecified atom stereocenters. The number of hydrogen-bond donors (Lipinski definition) is 4. The molecule has 2 aromatic carbocycles. The number of imidazole rings is 1. The fraction of sp³-hybridized carbons (Fsp3) is 0.487. The van der Waals surface area contributed by atoms with Gasteiger partial charge in [0.2, 0.25) is 11.8 Å².